The van der Waals surface area contributed by atoms with E-state index in [2.05, 4.69) is 17.1 Å². The van der Waals surface area contributed by atoms with Gasteiger partial charge >= 0.3 is 0 Å². The quantitative estimate of drug-likeness (QED) is 0.685. The van der Waals surface area contributed by atoms with Gasteiger partial charge in [-0.3, -0.25) is 0 Å². The van der Waals surface area contributed by atoms with Crippen molar-refractivity contribution in [3.63, 3.8) is 0 Å². The first-order valence-corrected chi connectivity index (χ1v) is 5.83. The van der Waals surface area contributed by atoms with Crippen molar-refractivity contribution in [2.75, 3.05) is 32.7 Å². The number of likely N-dealkylation sites (N-methyl/N-ethyl adjacent to an activating group) is 1. The summed E-state index contributed by atoms with van der Waals surface area (Å²) in [4.78, 5) is 2.35. The van der Waals surface area contributed by atoms with Crippen LogP contribution in [0, 0.1) is 5.92 Å². The van der Waals surface area contributed by atoms with E-state index in [1.807, 2.05) is 6.92 Å². The maximum atomic E-state index is 9.33. The van der Waals surface area contributed by atoms with Crippen LogP contribution in [0.15, 0.2) is 0 Å². The van der Waals surface area contributed by atoms with Gasteiger partial charge in [0.05, 0.1) is 6.10 Å². The van der Waals surface area contributed by atoms with Crippen LogP contribution in [0.5, 0.6) is 0 Å². The Balaban J connectivity index is 2.23. The van der Waals surface area contributed by atoms with Crippen LogP contribution in [0.3, 0.4) is 0 Å². The molecule has 2 N–H and O–H groups in total. The van der Waals surface area contributed by atoms with E-state index in [1.54, 1.807) is 0 Å². The maximum absolute atomic E-state index is 9.33. The predicted molar refractivity (Wildman–Crippen MR) is 59.4 cm³/mol. The summed E-state index contributed by atoms with van der Waals surface area (Å²) in [6.07, 6.45) is 2.44. The number of hydrogen-bond acceptors (Lipinski definition) is 3. The molecule has 0 aromatic rings. The molecule has 3 nitrogen and oxygen atoms in total. The maximum Gasteiger partial charge on any atom is 0.0639 e. The highest BCUT2D eigenvalue weighted by Crippen LogP contribution is 2.11. The minimum atomic E-state index is -0.202. The molecular weight excluding hydrogens is 176 g/mol. The highest BCUT2D eigenvalue weighted by Gasteiger charge is 2.16. The van der Waals surface area contributed by atoms with Gasteiger partial charge in [0.25, 0.3) is 0 Å². The molecule has 1 fully saturated rings. The normalized spacial score (nSPS) is 25.3. The molecule has 0 spiro atoms. The fraction of sp³-hybridized carbons (Fsp3) is 1.00. The second kappa shape index (κ2) is 6.38. The fourth-order valence-electron chi connectivity index (χ4n) is 2.15. The van der Waals surface area contributed by atoms with Gasteiger partial charge in [-0.05, 0) is 45.3 Å². The number of nitrogens with zero attached hydrogens (tertiary/aromatic N) is 1. The third-order valence-corrected chi connectivity index (χ3v) is 2.88. The highest BCUT2D eigenvalue weighted by molar-refractivity contribution is 4.73. The molecule has 84 valence electrons. The fourth-order valence-corrected chi connectivity index (χ4v) is 2.15. The first kappa shape index (κ1) is 12.0. The molecule has 0 bridgehead atoms. The predicted octanol–water partition coefficient (Wildman–Crippen LogP) is 0.689. The Labute approximate surface area is 87.5 Å². The second-order valence-corrected chi connectivity index (χ2v) is 4.41. The topological polar surface area (TPSA) is 35.5 Å². The lowest BCUT2D eigenvalue weighted by atomic mass is 9.99. The second-order valence-electron chi connectivity index (χ2n) is 4.41. The van der Waals surface area contributed by atoms with Gasteiger partial charge in [0, 0.05) is 13.1 Å². The number of aliphatic hydroxyl groups excluding tert-OH is 1. The van der Waals surface area contributed by atoms with E-state index in [1.165, 1.54) is 19.4 Å². The van der Waals surface area contributed by atoms with Crippen LogP contribution < -0.4 is 5.32 Å². The van der Waals surface area contributed by atoms with Gasteiger partial charge in [-0.25, -0.2) is 0 Å². The summed E-state index contributed by atoms with van der Waals surface area (Å²) in [7, 11) is 0. The van der Waals surface area contributed by atoms with Crippen molar-refractivity contribution in [2.24, 2.45) is 5.92 Å². The van der Waals surface area contributed by atoms with Gasteiger partial charge in [-0.1, -0.05) is 6.92 Å². The summed E-state index contributed by atoms with van der Waals surface area (Å²) in [6, 6.07) is 0. The van der Waals surface area contributed by atoms with Gasteiger partial charge in [0.2, 0.25) is 0 Å². The van der Waals surface area contributed by atoms with Crippen molar-refractivity contribution < 1.29 is 5.11 Å². The third-order valence-electron chi connectivity index (χ3n) is 2.88. The molecule has 0 radical (unpaired) electrons. The van der Waals surface area contributed by atoms with E-state index in [0.717, 1.165) is 32.1 Å². The molecule has 1 aliphatic heterocycles. The first-order valence-electron chi connectivity index (χ1n) is 5.83. The lowest BCUT2D eigenvalue weighted by Crippen LogP contribution is -2.40. The number of aliphatic hydroxyl groups is 1. The van der Waals surface area contributed by atoms with Crippen LogP contribution in [0.2, 0.25) is 0 Å². The Hall–Kier alpha value is -0.120. The van der Waals surface area contributed by atoms with Crippen molar-refractivity contribution in [1.29, 1.82) is 0 Å². The van der Waals surface area contributed by atoms with Gasteiger partial charge in [0.1, 0.15) is 0 Å². The molecule has 1 rings (SSSR count). The van der Waals surface area contributed by atoms with E-state index in [4.69, 9.17) is 0 Å². The molecule has 0 aromatic carbocycles. The lowest BCUT2D eigenvalue weighted by molar-refractivity contribution is 0.114. The minimum absolute atomic E-state index is 0.202. The molecule has 1 saturated heterocycles. The Morgan fingerprint density at radius 2 is 2.36 bits per heavy atom. The molecular formula is C11H24N2O. The molecule has 0 amide bonds. The van der Waals surface area contributed by atoms with E-state index in [0.29, 0.717) is 0 Å². The van der Waals surface area contributed by atoms with Crippen LogP contribution in [-0.4, -0.2) is 48.8 Å². The molecule has 1 aliphatic rings. The Kier molecular flexibility index (Phi) is 5.45. The van der Waals surface area contributed by atoms with Crippen LogP contribution in [0.4, 0.5) is 0 Å². The van der Waals surface area contributed by atoms with Crippen molar-refractivity contribution in [3.05, 3.63) is 0 Å². The van der Waals surface area contributed by atoms with Gasteiger partial charge in [-0.15, -0.1) is 0 Å². The van der Waals surface area contributed by atoms with Gasteiger partial charge in [-0.2, -0.15) is 0 Å². The summed E-state index contributed by atoms with van der Waals surface area (Å²) in [5.41, 5.74) is 0. The summed E-state index contributed by atoms with van der Waals surface area (Å²) < 4.78 is 0. The Bertz CT molecular complexity index is 144. The zero-order valence-electron chi connectivity index (χ0n) is 9.50. The van der Waals surface area contributed by atoms with Gasteiger partial charge < -0.3 is 15.3 Å². The van der Waals surface area contributed by atoms with E-state index < -0.39 is 0 Å². The van der Waals surface area contributed by atoms with Crippen molar-refractivity contribution in [1.82, 2.24) is 10.2 Å². The average Bonchev–Trinajstić information content (AvgIpc) is 2.17. The molecule has 0 aliphatic carbocycles. The molecule has 14 heavy (non-hydrogen) atoms. The Morgan fingerprint density at radius 3 is 2.86 bits per heavy atom. The minimum Gasteiger partial charge on any atom is -0.392 e. The highest BCUT2D eigenvalue weighted by atomic mass is 16.3. The smallest absolute Gasteiger partial charge is 0.0639 e. The zero-order valence-corrected chi connectivity index (χ0v) is 9.50. The third kappa shape index (κ3) is 4.40. The van der Waals surface area contributed by atoms with Crippen molar-refractivity contribution in [2.45, 2.75) is 32.8 Å². The molecule has 1 heterocycles. The zero-order chi connectivity index (χ0) is 10.4. The van der Waals surface area contributed by atoms with Crippen LogP contribution in [-0.2, 0) is 0 Å². The molecule has 0 saturated carbocycles. The first-order chi connectivity index (χ1) is 6.72. The van der Waals surface area contributed by atoms with E-state index >= 15 is 0 Å². The summed E-state index contributed by atoms with van der Waals surface area (Å²) in [5.74, 6) is 0.780. The number of rotatable bonds is 5. The van der Waals surface area contributed by atoms with Crippen LogP contribution >= 0.6 is 0 Å². The van der Waals surface area contributed by atoms with Crippen molar-refractivity contribution in [3.8, 4) is 0 Å². The van der Waals surface area contributed by atoms with Crippen molar-refractivity contribution >= 4 is 0 Å². The summed E-state index contributed by atoms with van der Waals surface area (Å²) in [5, 5.41) is 12.8. The molecule has 2 atom stereocenters. The number of hydrogen-bond donors (Lipinski definition) is 2. The van der Waals surface area contributed by atoms with E-state index in [9.17, 15) is 5.11 Å². The largest absolute Gasteiger partial charge is 0.392 e. The van der Waals surface area contributed by atoms with Gasteiger partial charge in [0.15, 0.2) is 0 Å². The Morgan fingerprint density at radius 1 is 1.57 bits per heavy atom. The number of nitrogens with one attached hydrogen (secondary N) is 1. The monoisotopic (exact) mass is 200 g/mol. The summed E-state index contributed by atoms with van der Waals surface area (Å²) in [6.45, 7) is 9.35. The summed E-state index contributed by atoms with van der Waals surface area (Å²) >= 11 is 0. The average molecular weight is 200 g/mol. The molecule has 3 heteroatoms. The lowest BCUT2D eigenvalue weighted by Gasteiger charge is -2.30. The number of piperidine rings is 1. The van der Waals surface area contributed by atoms with Crippen LogP contribution in [0.25, 0.3) is 0 Å². The SMILES string of the molecule is CCN(CC(C)O)CC1CCCNC1. The molecule has 2 unspecified atom stereocenters. The van der Waals surface area contributed by atoms with Crippen LogP contribution in [0.1, 0.15) is 26.7 Å². The standard InChI is InChI=1S/C11H24N2O/c1-3-13(8-10(2)14)9-11-5-4-6-12-7-11/h10-12,14H,3-9H2,1-2H3. The molecule has 0 aromatic heterocycles. The van der Waals surface area contributed by atoms with E-state index in [-0.39, 0.29) is 6.10 Å².